The highest BCUT2D eigenvalue weighted by Gasteiger charge is 2.03. The van der Waals surface area contributed by atoms with Crippen molar-refractivity contribution in [2.24, 2.45) is 0 Å². The van der Waals surface area contributed by atoms with E-state index in [4.69, 9.17) is 5.26 Å². The predicted octanol–water partition coefficient (Wildman–Crippen LogP) is 1.06. The zero-order valence-corrected chi connectivity index (χ0v) is 6.52. The van der Waals surface area contributed by atoms with Crippen molar-refractivity contribution < 1.29 is 4.42 Å². The van der Waals surface area contributed by atoms with Gasteiger partial charge in [0.15, 0.2) is 6.07 Å². The fraction of sp³-hybridized carbons (Fsp3) is 0. The molecular formula is C9H4N2O2. The molecule has 1 aromatic heterocycles. The van der Waals surface area contributed by atoms with Gasteiger partial charge in [-0.15, -0.1) is 0 Å². The van der Waals surface area contributed by atoms with E-state index in [2.05, 4.69) is 9.40 Å². The molecule has 0 bridgehead atoms. The van der Waals surface area contributed by atoms with Crippen molar-refractivity contribution in [3.05, 3.63) is 40.6 Å². The highest BCUT2D eigenvalue weighted by atomic mass is 16.4. The van der Waals surface area contributed by atoms with E-state index < -0.39 is 5.63 Å². The summed E-state index contributed by atoms with van der Waals surface area (Å²) < 4.78 is 4.61. The largest absolute Gasteiger partial charge is 0.394 e. The first kappa shape index (κ1) is 7.50. The third kappa shape index (κ3) is 1.16. The Balaban J connectivity index is 2.95. The molecule has 0 saturated carbocycles. The summed E-state index contributed by atoms with van der Waals surface area (Å²) in [6.07, 6.45) is 0. The number of nitrogens with zero attached hydrogens (tertiary/aromatic N) is 2. The molecule has 4 nitrogen and oxygen atoms in total. The number of para-hydroxylation sites is 1. The number of nitriles is 1. The summed E-state index contributed by atoms with van der Waals surface area (Å²) >= 11 is 0. The Hall–Kier alpha value is -2.15. The van der Waals surface area contributed by atoms with Crippen molar-refractivity contribution in [3.63, 3.8) is 0 Å². The van der Waals surface area contributed by atoms with Crippen LogP contribution in [0, 0.1) is 11.3 Å². The number of hydrogen-bond donors (Lipinski definition) is 0. The number of aromatic nitrogens is 1. The molecule has 0 aliphatic carbocycles. The third-order valence-corrected chi connectivity index (χ3v) is 1.63. The average molecular weight is 172 g/mol. The van der Waals surface area contributed by atoms with Crippen LogP contribution in [0.2, 0.25) is 0 Å². The lowest BCUT2D eigenvalue weighted by Crippen LogP contribution is -2.02. The summed E-state index contributed by atoms with van der Waals surface area (Å²) in [5, 5.41) is 8.87. The topological polar surface area (TPSA) is 66.9 Å². The van der Waals surface area contributed by atoms with E-state index in [9.17, 15) is 4.79 Å². The van der Waals surface area contributed by atoms with Crippen LogP contribution in [0.15, 0.2) is 33.5 Å². The molecule has 0 atom stereocenters. The molecule has 0 radical (unpaired) electrons. The molecule has 0 fully saturated rings. The van der Waals surface area contributed by atoms with E-state index in [0.29, 0.717) is 10.9 Å². The van der Waals surface area contributed by atoms with Crippen molar-refractivity contribution in [1.29, 1.82) is 5.26 Å². The molecule has 13 heavy (non-hydrogen) atoms. The van der Waals surface area contributed by atoms with E-state index in [-0.39, 0.29) is 5.89 Å². The van der Waals surface area contributed by atoms with Gasteiger partial charge in [-0.05, 0) is 12.1 Å². The molecule has 4 heteroatoms. The summed E-state index contributed by atoms with van der Waals surface area (Å²) in [5.74, 6) is -0.205. The first-order chi connectivity index (χ1) is 6.31. The monoisotopic (exact) mass is 172 g/mol. The van der Waals surface area contributed by atoms with Gasteiger partial charge < -0.3 is 4.42 Å². The minimum absolute atomic E-state index is 0.205. The lowest BCUT2D eigenvalue weighted by molar-refractivity contribution is 0.486. The summed E-state index contributed by atoms with van der Waals surface area (Å²) in [6.45, 7) is 0. The molecule has 0 aliphatic rings. The molecule has 0 N–H and O–H groups in total. The summed E-state index contributed by atoms with van der Waals surface area (Å²) in [4.78, 5) is 15.0. The highest BCUT2D eigenvalue weighted by molar-refractivity contribution is 5.76. The van der Waals surface area contributed by atoms with E-state index in [1.165, 1.54) is 0 Å². The molecule has 0 spiro atoms. The number of hydrogen-bond acceptors (Lipinski definition) is 4. The number of fused-ring (bicyclic) bond motifs is 1. The van der Waals surface area contributed by atoms with Gasteiger partial charge in [-0.1, -0.05) is 12.1 Å². The van der Waals surface area contributed by atoms with Gasteiger partial charge in [-0.3, -0.25) is 0 Å². The molecule has 2 aromatic rings. The van der Waals surface area contributed by atoms with Crippen LogP contribution in [-0.4, -0.2) is 4.98 Å². The van der Waals surface area contributed by atoms with Gasteiger partial charge in [-0.2, -0.15) is 5.26 Å². The van der Waals surface area contributed by atoms with Crippen LogP contribution < -0.4 is 5.63 Å². The molecule has 0 amide bonds. The minimum Gasteiger partial charge on any atom is -0.394 e. The summed E-state index contributed by atoms with van der Waals surface area (Å²) in [6, 6.07) is 8.41. The Labute approximate surface area is 73.1 Å². The van der Waals surface area contributed by atoms with Crippen LogP contribution in [0.3, 0.4) is 0 Å². The Morgan fingerprint density at radius 2 is 2.15 bits per heavy atom. The van der Waals surface area contributed by atoms with Crippen LogP contribution in [-0.2, 0) is 0 Å². The second kappa shape index (κ2) is 2.72. The van der Waals surface area contributed by atoms with E-state index in [0.717, 1.165) is 0 Å². The van der Waals surface area contributed by atoms with E-state index in [1.807, 2.05) is 0 Å². The van der Waals surface area contributed by atoms with Gasteiger partial charge in [0.25, 0.3) is 0 Å². The molecular weight excluding hydrogens is 168 g/mol. The zero-order valence-electron chi connectivity index (χ0n) is 6.52. The number of benzene rings is 1. The SMILES string of the molecule is N#Cc1nc2ccccc2c(=O)o1. The maximum Gasteiger partial charge on any atom is 0.347 e. The first-order valence-electron chi connectivity index (χ1n) is 3.61. The zero-order chi connectivity index (χ0) is 9.26. The quantitative estimate of drug-likeness (QED) is 0.595. The van der Waals surface area contributed by atoms with Crippen LogP contribution in [0.5, 0.6) is 0 Å². The molecule has 0 unspecified atom stereocenters. The summed E-state index contributed by atoms with van der Waals surface area (Å²) in [7, 11) is 0. The van der Waals surface area contributed by atoms with Crippen molar-refractivity contribution >= 4 is 10.9 Å². The van der Waals surface area contributed by atoms with Gasteiger partial charge >= 0.3 is 11.5 Å². The molecule has 0 saturated heterocycles. The molecule has 2 rings (SSSR count). The van der Waals surface area contributed by atoms with E-state index in [1.54, 1.807) is 30.3 Å². The van der Waals surface area contributed by atoms with Gasteiger partial charge in [-0.25, -0.2) is 9.78 Å². The van der Waals surface area contributed by atoms with Gasteiger partial charge in [0.05, 0.1) is 10.9 Å². The van der Waals surface area contributed by atoms with Gasteiger partial charge in [0.1, 0.15) is 0 Å². The number of rotatable bonds is 0. The minimum atomic E-state index is -0.526. The highest BCUT2D eigenvalue weighted by Crippen LogP contribution is 2.06. The van der Waals surface area contributed by atoms with Crippen LogP contribution in [0.4, 0.5) is 0 Å². The maximum absolute atomic E-state index is 11.2. The smallest absolute Gasteiger partial charge is 0.347 e. The maximum atomic E-state index is 11.2. The Bertz CT molecular complexity index is 551. The molecule has 0 aliphatic heterocycles. The Morgan fingerprint density at radius 1 is 1.38 bits per heavy atom. The second-order valence-electron chi connectivity index (χ2n) is 2.44. The van der Waals surface area contributed by atoms with E-state index >= 15 is 0 Å². The molecule has 1 heterocycles. The van der Waals surface area contributed by atoms with Crippen LogP contribution >= 0.6 is 0 Å². The summed E-state index contributed by atoms with van der Waals surface area (Å²) in [5.41, 5.74) is -0.0440. The first-order valence-corrected chi connectivity index (χ1v) is 3.61. The normalized spacial score (nSPS) is 9.77. The molecule has 62 valence electrons. The van der Waals surface area contributed by atoms with Crippen molar-refractivity contribution in [2.45, 2.75) is 0 Å². The van der Waals surface area contributed by atoms with Crippen LogP contribution in [0.25, 0.3) is 10.9 Å². The molecule has 1 aromatic carbocycles. The fourth-order valence-electron chi connectivity index (χ4n) is 1.07. The lowest BCUT2D eigenvalue weighted by atomic mass is 10.2. The van der Waals surface area contributed by atoms with Gasteiger partial charge in [0.2, 0.25) is 0 Å². The second-order valence-corrected chi connectivity index (χ2v) is 2.44. The lowest BCUT2D eigenvalue weighted by Gasteiger charge is -1.93. The van der Waals surface area contributed by atoms with Gasteiger partial charge in [0, 0.05) is 0 Å². The Morgan fingerprint density at radius 3 is 2.92 bits per heavy atom. The third-order valence-electron chi connectivity index (χ3n) is 1.63. The average Bonchev–Trinajstić information content (AvgIpc) is 2.18. The fourth-order valence-corrected chi connectivity index (χ4v) is 1.07. The van der Waals surface area contributed by atoms with Crippen LogP contribution in [0.1, 0.15) is 5.89 Å². The van der Waals surface area contributed by atoms with Crippen molar-refractivity contribution in [3.8, 4) is 6.07 Å². The van der Waals surface area contributed by atoms with Crippen molar-refractivity contribution in [1.82, 2.24) is 4.98 Å². The predicted molar refractivity (Wildman–Crippen MR) is 45.0 cm³/mol. The van der Waals surface area contributed by atoms with Crippen molar-refractivity contribution in [2.75, 3.05) is 0 Å². The standard InChI is InChI=1S/C9H4N2O2/c10-5-8-11-7-4-2-1-3-6(7)9(12)13-8/h1-4H. The Kier molecular flexibility index (Phi) is 1.57.